The second-order valence-corrected chi connectivity index (χ2v) is 5.21. The monoisotopic (exact) mass is 338 g/mol. The number of fused-ring (bicyclic) bond motifs is 1. The predicted octanol–water partition coefficient (Wildman–Crippen LogP) is 0.671. The van der Waals surface area contributed by atoms with Crippen molar-refractivity contribution >= 4 is 23.4 Å². The van der Waals surface area contributed by atoms with Gasteiger partial charge in [-0.15, -0.1) is 10.3 Å². The van der Waals surface area contributed by atoms with Crippen LogP contribution in [0.25, 0.3) is 0 Å². The van der Waals surface area contributed by atoms with E-state index in [9.17, 15) is 15.2 Å². The number of hydrogen-bond acceptors (Lipinski definition) is 8. The molecule has 0 atom stereocenters. The van der Waals surface area contributed by atoms with Crippen molar-refractivity contribution < 1.29 is 20.3 Å². The normalized spacial score (nSPS) is 13.4. The van der Waals surface area contributed by atoms with Crippen molar-refractivity contribution in [2.75, 3.05) is 36.4 Å². The maximum absolute atomic E-state index is 11.1. The van der Waals surface area contributed by atoms with E-state index >= 15 is 0 Å². The molecule has 6 N–H and O–H groups in total. The molecule has 10 nitrogen and oxygen atoms in total. The fourth-order valence-electron chi connectivity index (χ4n) is 2.28. The average Bonchev–Trinajstić information content (AvgIpc) is 2.58. The van der Waals surface area contributed by atoms with Crippen molar-refractivity contribution in [1.29, 1.82) is 0 Å². The van der Waals surface area contributed by atoms with Crippen LogP contribution in [-0.4, -0.2) is 58.7 Å². The number of hydrogen-bond donors (Lipinski definition) is 5. The molecule has 0 saturated carbocycles. The summed E-state index contributed by atoms with van der Waals surface area (Å²) in [6.07, 6.45) is 0.127. The standard InChI is InChI=1S/C14H22N6O4/c15-7-3-9-18(14(21)22)10-4-8-16-13-17-20(24)12-6-2-1-5-11(12)19(13)23/h1-2,5-6,23-24H,3-4,7-10,15H2,(H,16,17)(H,21,22). The van der Waals surface area contributed by atoms with E-state index in [-0.39, 0.29) is 5.96 Å². The molecule has 0 aromatic heterocycles. The van der Waals surface area contributed by atoms with Crippen LogP contribution in [0.1, 0.15) is 12.8 Å². The topological polar surface area (TPSA) is 138 Å². The molecule has 0 fully saturated rings. The Kier molecular flexibility index (Phi) is 6.18. The maximum Gasteiger partial charge on any atom is 0.407 e. The largest absolute Gasteiger partial charge is 0.465 e. The van der Waals surface area contributed by atoms with Crippen molar-refractivity contribution in [3.63, 3.8) is 0 Å². The van der Waals surface area contributed by atoms with Gasteiger partial charge in [-0.1, -0.05) is 12.1 Å². The number of carboxylic acid groups (broad SMARTS) is 1. The summed E-state index contributed by atoms with van der Waals surface area (Å²) >= 11 is 0. The van der Waals surface area contributed by atoms with Gasteiger partial charge in [0.2, 0.25) is 5.96 Å². The van der Waals surface area contributed by atoms with Crippen LogP contribution in [0.5, 0.6) is 0 Å². The average molecular weight is 338 g/mol. The Morgan fingerprint density at radius 2 is 1.88 bits per heavy atom. The second-order valence-electron chi connectivity index (χ2n) is 5.21. The zero-order chi connectivity index (χ0) is 17.5. The van der Waals surface area contributed by atoms with E-state index in [1.807, 2.05) is 0 Å². The third-order valence-electron chi connectivity index (χ3n) is 3.51. The molecule has 24 heavy (non-hydrogen) atoms. The van der Waals surface area contributed by atoms with Crippen LogP contribution >= 0.6 is 0 Å². The molecule has 0 unspecified atom stereocenters. The van der Waals surface area contributed by atoms with Crippen LogP contribution in [0.3, 0.4) is 0 Å². The number of benzene rings is 1. The number of carbonyl (C=O) groups is 1. The Morgan fingerprint density at radius 1 is 1.21 bits per heavy atom. The molecule has 1 aromatic carbocycles. The van der Waals surface area contributed by atoms with Gasteiger partial charge in [0, 0.05) is 19.6 Å². The number of nitrogens with two attached hydrogens (primary N) is 1. The number of nitrogens with one attached hydrogen (secondary N) is 1. The molecule has 1 aliphatic heterocycles. The molecule has 0 saturated heterocycles. The van der Waals surface area contributed by atoms with Crippen molar-refractivity contribution in [1.82, 2.24) is 10.2 Å². The molecule has 132 valence electrons. The highest BCUT2D eigenvalue weighted by Crippen LogP contribution is 2.30. The Morgan fingerprint density at radius 3 is 2.54 bits per heavy atom. The van der Waals surface area contributed by atoms with E-state index in [1.165, 1.54) is 4.90 Å². The lowest BCUT2D eigenvalue weighted by molar-refractivity contribution is 0.144. The number of amides is 1. The minimum absolute atomic E-state index is 0.0556. The third kappa shape index (κ3) is 4.25. The summed E-state index contributed by atoms with van der Waals surface area (Å²) in [5.74, 6) is 0.0556. The summed E-state index contributed by atoms with van der Waals surface area (Å²) in [5, 5.41) is 37.3. The number of nitrogens with zero attached hydrogens (tertiary/aromatic N) is 4. The number of para-hydroxylation sites is 2. The second kappa shape index (κ2) is 8.34. The first-order valence-electron chi connectivity index (χ1n) is 7.62. The third-order valence-corrected chi connectivity index (χ3v) is 3.51. The molecule has 1 amide bonds. The highest BCUT2D eigenvalue weighted by atomic mass is 16.5. The van der Waals surface area contributed by atoms with Crippen molar-refractivity contribution in [2.45, 2.75) is 12.8 Å². The first-order chi connectivity index (χ1) is 11.5. The Labute approximate surface area is 139 Å². The van der Waals surface area contributed by atoms with Crippen LogP contribution < -0.4 is 21.3 Å². The zero-order valence-electron chi connectivity index (χ0n) is 13.2. The van der Waals surface area contributed by atoms with Crippen molar-refractivity contribution in [2.24, 2.45) is 10.8 Å². The van der Waals surface area contributed by atoms with Gasteiger partial charge in [-0.2, -0.15) is 5.06 Å². The molecular weight excluding hydrogens is 316 g/mol. The molecular formula is C14H22N6O4. The van der Waals surface area contributed by atoms with E-state index in [1.54, 1.807) is 24.3 Å². The van der Waals surface area contributed by atoms with Crippen molar-refractivity contribution in [3.8, 4) is 0 Å². The van der Waals surface area contributed by atoms with Gasteiger partial charge < -0.3 is 21.1 Å². The zero-order valence-corrected chi connectivity index (χ0v) is 13.2. The van der Waals surface area contributed by atoms with Gasteiger partial charge in [0.1, 0.15) is 11.4 Å². The first-order valence-corrected chi connectivity index (χ1v) is 7.62. The van der Waals surface area contributed by atoms with E-state index in [4.69, 9.17) is 10.8 Å². The van der Waals surface area contributed by atoms with Gasteiger partial charge in [-0.25, -0.2) is 4.79 Å². The summed E-state index contributed by atoms with van der Waals surface area (Å²) in [6.45, 7) is 1.53. The number of anilines is 2. The molecule has 0 radical (unpaired) electrons. The van der Waals surface area contributed by atoms with Gasteiger partial charge >= 0.3 is 6.09 Å². The van der Waals surface area contributed by atoms with E-state index < -0.39 is 6.09 Å². The quantitative estimate of drug-likeness (QED) is 0.457. The van der Waals surface area contributed by atoms with Crippen LogP contribution in [-0.2, 0) is 0 Å². The Hall–Kier alpha value is -2.56. The molecule has 0 aliphatic carbocycles. The van der Waals surface area contributed by atoms with E-state index in [2.05, 4.69) is 10.4 Å². The minimum atomic E-state index is -0.988. The molecule has 2 rings (SSSR count). The molecule has 0 bridgehead atoms. The number of rotatable bonds is 7. The Bertz CT molecular complexity index is 596. The Balaban J connectivity index is 1.85. The van der Waals surface area contributed by atoms with E-state index in [0.29, 0.717) is 55.6 Å². The van der Waals surface area contributed by atoms with Crippen LogP contribution in [0.2, 0.25) is 0 Å². The lowest BCUT2D eigenvalue weighted by Crippen LogP contribution is -2.45. The predicted molar refractivity (Wildman–Crippen MR) is 88.3 cm³/mol. The SMILES string of the molecule is NCCCN(CCCNC1=NN(O)c2ccccc2N1O)C(=O)O. The van der Waals surface area contributed by atoms with Gasteiger partial charge in [-0.3, -0.25) is 10.4 Å². The van der Waals surface area contributed by atoms with Gasteiger partial charge in [0.05, 0.1) is 0 Å². The number of hydroxylamine groups is 1. The summed E-state index contributed by atoms with van der Waals surface area (Å²) in [6, 6.07) is 6.68. The fourth-order valence-corrected chi connectivity index (χ4v) is 2.28. The molecule has 10 heteroatoms. The minimum Gasteiger partial charge on any atom is -0.465 e. The molecule has 1 aliphatic rings. The molecule has 0 spiro atoms. The summed E-state index contributed by atoms with van der Waals surface area (Å²) in [5.41, 5.74) is 6.12. The highest BCUT2D eigenvalue weighted by Gasteiger charge is 2.24. The van der Waals surface area contributed by atoms with Crippen molar-refractivity contribution in [3.05, 3.63) is 24.3 Å². The van der Waals surface area contributed by atoms with Gasteiger partial charge in [0.25, 0.3) is 0 Å². The van der Waals surface area contributed by atoms with E-state index in [0.717, 1.165) is 5.06 Å². The summed E-state index contributed by atoms with van der Waals surface area (Å²) in [7, 11) is 0. The molecule has 1 heterocycles. The maximum atomic E-state index is 11.1. The number of hydrazone groups is 1. The number of guanidine groups is 1. The van der Waals surface area contributed by atoms with Gasteiger partial charge in [0.15, 0.2) is 0 Å². The lowest BCUT2D eigenvalue weighted by Gasteiger charge is -2.29. The lowest BCUT2D eigenvalue weighted by atomic mass is 10.2. The fraction of sp³-hybridized carbons (Fsp3) is 0.429. The van der Waals surface area contributed by atoms with Gasteiger partial charge in [-0.05, 0) is 31.5 Å². The highest BCUT2D eigenvalue weighted by molar-refractivity contribution is 5.99. The van der Waals surface area contributed by atoms with Crippen LogP contribution in [0.4, 0.5) is 16.2 Å². The van der Waals surface area contributed by atoms with Crippen LogP contribution in [0, 0.1) is 0 Å². The van der Waals surface area contributed by atoms with Crippen LogP contribution in [0.15, 0.2) is 29.4 Å². The summed E-state index contributed by atoms with van der Waals surface area (Å²) < 4.78 is 0. The first kappa shape index (κ1) is 17.8. The smallest absolute Gasteiger partial charge is 0.407 e. The molecule has 1 aromatic rings. The summed E-state index contributed by atoms with van der Waals surface area (Å²) in [4.78, 5) is 12.4.